The summed E-state index contributed by atoms with van der Waals surface area (Å²) in [7, 11) is -3.97. The van der Waals surface area contributed by atoms with Gasteiger partial charge in [0.1, 0.15) is 5.41 Å². The molecule has 6 nitrogen and oxygen atoms in total. The quantitative estimate of drug-likeness (QED) is 0.609. The summed E-state index contributed by atoms with van der Waals surface area (Å²) < 4.78 is 26.9. The molecule has 1 atom stereocenters. The zero-order valence-electron chi connectivity index (χ0n) is 16.9. The molecule has 0 saturated carbocycles. The monoisotopic (exact) mass is 442 g/mol. The molecule has 0 N–H and O–H groups in total. The lowest BCUT2D eigenvalue weighted by Crippen LogP contribution is -2.47. The molecule has 3 aliphatic heterocycles. The van der Waals surface area contributed by atoms with Crippen molar-refractivity contribution in [3.63, 3.8) is 0 Å². The Hall–Kier alpha value is -3.71. The number of carbonyl (C=O) groups is 2. The first-order valence-electron chi connectivity index (χ1n) is 10.3. The second kappa shape index (κ2) is 6.40. The molecule has 2 amide bonds. The summed E-state index contributed by atoms with van der Waals surface area (Å²) in [6, 6.07) is 23.6. The first-order chi connectivity index (χ1) is 15.4. The Bertz CT molecular complexity index is 1450. The van der Waals surface area contributed by atoms with Gasteiger partial charge in [-0.15, -0.1) is 0 Å². The largest absolute Gasteiger partial charge is 0.307 e. The van der Waals surface area contributed by atoms with Crippen molar-refractivity contribution in [1.29, 1.82) is 0 Å². The van der Waals surface area contributed by atoms with Crippen LogP contribution in [0.1, 0.15) is 23.1 Å². The van der Waals surface area contributed by atoms with Crippen LogP contribution in [-0.2, 0) is 31.6 Å². The SMILES string of the molecule is O=C1C[C@@]2(C=C3c4ccccc4S(=O)(=O)N13)C(=O)N(Cc1ccccc1)c1ccccc12. The molecule has 0 bridgehead atoms. The highest BCUT2D eigenvalue weighted by Gasteiger charge is 2.57. The zero-order valence-corrected chi connectivity index (χ0v) is 17.7. The van der Waals surface area contributed by atoms with E-state index < -0.39 is 21.3 Å². The third kappa shape index (κ3) is 2.37. The Labute approximate surface area is 185 Å². The number of fused-ring (bicyclic) bond motifs is 5. The smallest absolute Gasteiger partial charge is 0.271 e. The maximum Gasteiger partial charge on any atom is 0.271 e. The highest BCUT2D eigenvalue weighted by Crippen LogP contribution is 2.52. The van der Waals surface area contributed by atoms with E-state index in [2.05, 4.69) is 0 Å². The van der Waals surface area contributed by atoms with Crippen LogP contribution < -0.4 is 4.90 Å². The third-order valence-corrected chi connectivity index (χ3v) is 8.22. The standard InChI is InChI=1S/C25H18N2O4S/c28-23-15-25(14-21-18-10-4-7-13-22(18)32(30,31)27(21)23)19-11-5-6-12-20(19)26(24(25)29)16-17-8-2-1-3-9-17/h1-14H,15-16H2/t25-/m1/s1. The minimum atomic E-state index is -3.97. The van der Waals surface area contributed by atoms with Crippen LogP contribution in [0.25, 0.3) is 5.70 Å². The Kier molecular flexibility index (Phi) is 3.80. The zero-order chi connectivity index (χ0) is 22.1. The number of rotatable bonds is 2. The fourth-order valence-electron chi connectivity index (χ4n) is 5.02. The van der Waals surface area contributed by atoms with E-state index in [1.54, 1.807) is 29.2 Å². The van der Waals surface area contributed by atoms with Crippen molar-refractivity contribution in [2.75, 3.05) is 4.90 Å². The van der Waals surface area contributed by atoms with Crippen LogP contribution >= 0.6 is 0 Å². The Morgan fingerprint density at radius 3 is 2.34 bits per heavy atom. The van der Waals surface area contributed by atoms with Crippen LogP contribution in [0.5, 0.6) is 0 Å². The number of hydrogen-bond acceptors (Lipinski definition) is 4. The number of carbonyl (C=O) groups excluding carboxylic acids is 2. The van der Waals surface area contributed by atoms with E-state index >= 15 is 0 Å². The van der Waals surface area contributed by atoms with E-state index in [0.717, 1.165) is 21.1 Å². The Morgan fingerprint density at radius 1 is 0.844 bits per heavy atom. The summed E-state index contributed by atoms with van der Waals surface area (Å²) in [6.45, 7) is 0.369. The molecule has 158 valence electrons. The molecule has 32 heavy (non-hydrogen) atoms. The second-order valence-electron chi connectivity index (χ2n) is 8.23. The van der Waals surface area contributed by atoms with E-state index in [1.807, 2.05) is 54.6 Å². The average Bonchev–Trinajstić information content (AvgIpc) is 3.16. The molecule has 0 aromatic heterocycles. The predicted molar refractivity (Wildman–Crippen MR) is 119 cm³/mol. The van der Waals surface area contributed by atoms with Crippen LogP contribution in [0.3, 0.4) is 0 Å². The van der Waals surface area contributed by atoms with Crippen LogP contribution in [0.15, 0.2) is 89.8 Å². The number of sulfonamides is 1. The van der Waals surface area contributed by atoms with Gasteiger partial charge in [-0.25, -0.2) is 12.7 Å². The van der Waals surface area contributed by atoms with Gasteiger partial charge in [-0.05, 0) is 29.3 Å². The Balaban J connectivity index is 1.56. The van der Waals surface area contributed by atoms with Crippen molar-refractivity contribution in [1.82, 2.24) is 4.31 Å². The molecule has 0 fully saturated rings. The first kappa shape index (κ1) is 19.0. The van der Waals surface area contributed by atoms with Gasteiger partial charge < -0.3 is 4.90 Å². The summed E-state index contributed by atoms with van der Waals surface area (Å²) in [5, 5.41) is 0. The molecule has 3 aromatic carbocycles. The highest BCUT2D eigenvalue weighted by atomic mass is 32.2. The number of hydrogen-bond donors (Lipinski definition) is 0. The normalized spacial score (nSPS) is 22.6. The summed E-state index contributed by atoms with van der Waals surface area (Å²) in [5.41, 5.74) is 1.92. The highest BCUT2D eigenvalue weighted by molar-refractivity contribution is 7.90. The number of para-hydroxylation sites is 1. The Morgan fingerprint density at radius 2 is 1.53 bits per heavy atom. The number of nitrogens with zero attached hydrogens (tertiary/aromatic N) is 2. The lowest BCUT2D eigenvalue weighted by molar-refractivity contribution is -0.131. The number of benzene rings is 3. The van der Waals surface area contributed by atoms with Gasteiger partial charge in [0.25, 0.3) is 10.0 Å². The lowest BCUT2D eigenvalue weighted by Gasteiger charge is -2.33. The molecule has 6 rings (SSSR count). The second-order valence-corrected chi connectivity index (χ2v) is 9.99. The van der Waals surface area contributed by atoms with Gasteiger partial charge in [0.2, 0.25) is 11.8 Å². The molecule has 0 radical (unpaired) electrons. The average molecular weight is 442 g/mol. The minimum absolute atomic E-state index is 0.0940. The van der Waals surface area contributed by atoms with Gasteiger partial charge in [-0.2, -0.15) is 0 Å². The number of amides is 2. The van der Waals surface area contributed by atoms with Gasteiger partial charge in [0, 0.05) is 11.3 Å². The van der Waals surface area contributed by atoms with Gasteiger partial charge in [0.05, 0.1) is 23.6 Å². The lowest BCUT2D eigenvalue weighted by atomic mass is 9.75. The third-order valence-electron chi connectivity index (χ3n) is 6.43. The van der Waals surface area contributed by atoms with Crippen molar-refractivity contribution in [3.8, 4) is 0 Å². The molecule has 7 heteroatoms. The van der Waals surface area contributed by atoms with Crippen molar-refractivity contribution in [3.05, 3.63) is 102 Å². The van der Waals surface area contributed by atoms with Crippen molar-refractivity contribution < 1.29 is 18.0 Å². The molecular formula is C25H18N2O4S. The molecule has 3 heterocycles. The number of anilines is 1. The summed E-state index contributed by atoms with van der Waals surface area (Å²) >= 11 is 0. The molecule has 0 aliphatic carbocycles. The fourth-order valence-corrected chi connectivity index (χ4v) is 6.67. The molecule has 3 aromatic rings. The van der Waals surface area contributed by atoms with Crippen molar-refractivity contribution in [2.45, 2.75) is 23.3 Å². The van der Waals surface area contributed by atoms with E-state index in [-0.39, 0.29) is 22.9 Å². The van der Waals surface area contributed by atoms with Gasteiger partial charge in [0.15, 0.2) is 0 Å². The van der Waals surface area contributed by atoms with E-state index in [1.165, 1.54) is 6.07 Å². The summed E-state index contributed by atoms with van der Waals surface area (Å²) in [4.78, 5) is 29.0. The van der Waals surface area contributed by atoms with E-state index in [4.69, 9.17) is 0 Å². The molecule has 1 spiro atoms. The van der Waals surface area contributed by atoms with E-state index in [0.29, 0.717) is 12.1 Å². The van der Waals surface area contributed by atoms with Crippen LogP contribution in [-0.4, -0.2) is 24.5 Å². The summed E-state index contributed by atoms with van der Waals surface area (Å²) in [6.07, 6.45) is 1.45. The van der Waals surface area contributed by atoms with Crippen molar-refractivity contribution >= 4 is 33.2 Å². The molecule has 3 aliphatic rings. The van der Waals surface area contributed by atoms with Gasteiger partial charge in [-0.1, -0.05) is 66.7 Å². The molecular weight excluding hydrogens is 424 g/mol. The van der Waals surface area contributed by atoms with Gasteiger partial charge >= 0.3 is 0 Å². The summed E-state index contributed by atoms with van der Waals surface area (Å²) in [5.74, 6) is -0.812. The van der Waals surface area contributed by atoms with Crippen molar-refractivity contribution in [2.24, 2.45) is 0 Å². The van der Waals surface area contributed by atoms with Crippen LogP contribution in [0.4, 0.5) is 5.69 Å². The first-order valence-corrected chi connectivity index (χ1v) is 11.7. The van der Waals surface area contributed by atoms with E-state index in [9.17, 15) is 18.0 Å². The minimum Gasteiger partial charge on any atom is -0.307 e. The van der Waals surface area contributed by atoms with Gasteiger partial charge in [-0.3, -0.25) is 9.59 Å². The maximum atomic E-state index is 13.9. The molecule has 0 unspecified atom stereocenters. The van der Waals surface area contributed by atoms with Crippen LogP contribution in [0.2, 0.25) is 0 Å². The molecule has 0 saturated heterocycles. The fraction of sp³-hybridized carbons (Fsp3) is 0.120. The predicted octanol–water partition coefficient (Wildman–Crippen LogP) is 3.45. The van der Waals surface area contributed by atoms with Crippen LogP contribution in [0, 0.1) is 0 Å². The maximum absolute atomic E-state index is 13.9. The topological polar surface area (TPSA) is 74.8 Å².